The zero-order valence-corrected chi connectivity index (χ0v) is 69.0. The molecule has 0 amide bonds. The van der Waals surface area contributed by atoms with E-state index >= 15 is 0 Å². The van der Waals surface area contributed by atoms with Gasteiger partial charge in [0.05, 0.1) is 88.6 Å². The number of rotatable bonds is 10. The highest BCUT2D eigenvalue weighted by Crippen LogP contribution is 2.47. The number of nitrogens with zero attached hydrogens (tertiary/aromatic N) is 13. The van der Waals surface area contributed by atoms with Gasteiger partial charge >= 0.3 is 0 Å². The molecule has 9 heterocycles. The summed E-state index contributed by atoms with van der Waals surface area (Å²) in [5.74, 6) is 3.20. The summed E-state index contributed by atoms with van der Waals surface area (Å²) in [6, 6.07) is 155. The highest BCUT2D eigenvalue weighted by atomic mass is 15.2. The van der Waals surface area contributed by atoms with Crippen molar-refractivity contribution in [3.8, 4) is 80.2 Å². The molecule has 27 rings (SSSR count). The van der Waals surface area contributed by atoms with Crippen LogP contribution in [0.2, 0.25) is 0 Å². The van der Waals surface area contributed by atoms with Crippen LogP contribution in [-0.4, -0.2) is 62.3 Å². The Hall–Kier alpha value is -17.6. The molecule has 13 heteroatoms. The molecule has 0 radical (unpaired) electrons. The molecule has 0 bridgehead atoms. The van der Waals surface area contributed by atoms with Crippen LogP contribution in [0.4, 0.5) is 0 Å². The minimum absolute atomic E-state index is 0.589. The topological polar surface area (TPSA) is 120 Å². The third kappa shape index (κ3) is 11.8. The van der Waals surface area contributed by atoms with E-state index in [0.717, 1.165) is 111 Å². The van der Waals surface area contributed by atoms with E-state index in [0.29, 0.717) is 29.5 Å². The molecule has 0 aliphatic heterocycles. The summed E-state index contributed by atoms with van der Waals surface area (Å²) in [6.07, 6.45) is 0. The second-order valence-electron chi connectivity index (χ2n) is 32.2. The first kappa shape index (κ1) is 73.2. The van der Waals surface area contributed by atoms with E-state index in [4.69, 9.17) is 34.9 Å². The molecule has 0 spiro atoms. The molecule has 9 aromatic heterocycles. The first-order valence-corrected chi connectivity index (χ1v) is 43.1. The normalized spacial score (nSPS) is 11.8. The number of hydrogen-bond acceptors (Lipinski definition) is 7. The van der Waals surface area contributed by atoms with Crippen molar-refractivity contribution >= 4 is 153 Å². The molecule has 0 aliphatic rings. The highest BCUT2D eigenvalue weighted by molar-refractivity contribution is 6.30. The lowest BCUT2D eigenvalue weighted by molar-refractivity contribution is 0.953. The quantitative estimate of drug-likeness (QED) is 0.134. The highest BCUT2D eigenvalue weighted by Gasteiger charge is 2.28. The first-order valence-electron chi connectivity index (χ1n) is 43.1. The van der Waals surface area contributed by atoms with E-state index in [1.54, 1.807) is 0 Å². The van der Waals surface area contributed by atoms with Gasteiger partial charge in [0.15, 0.2) is 11.6 Å². The molecule has 0 saturated heterocycles. The van der Waals surface area contributed by atoms with Crippen LogP contribution in [0.15, 0.2) is 443 Å². The molecular formula is C115H73N13. The maximum absolute atomic E-state index is 5.26. The van der Waals surface area contributed by atoms with Crippen molar-refractivity contribution in [2.24, 2.45) is 0 Å². The fourth-order valence-corrected chi connectivity index (χ4v) is 19.6. The van der Waals surface area contributed by atoms with Crippen LogP contribution in [-0.2, 0) is 0 Å². The number of fused-ring (bicyclic) bond motifs is 23. The van der Waals surface area contributed by atoms with Gasteiger partial charge in [0.25, 0.3) is 0 Å². The number of benzene rings is 18. The van der Waals surface area contributed by atoms with Crippen LogP contribution in [0.5, 0.6) is 0 Å². The molecule has 598 valence electrons. The summed E-state index contributed by atoms with van der Waals surface area (Å²) >= 11 is 0. The van der Waals surface area contributed by atoms with Gasteiger partial charge in [-0.1, -0.05) is 334 Å². The van der Waals surface area contributed by atoms with Crippen molar-refractivity contribution in [2.45, 2.75) is 0 Å². The monoisotopic (exact) mass is 1640 g/mol. The predicted molar refractivity (Wildman–Crippen MR) is 527 cm³/mol. The predicted octanol–water partition coefficient (Wildman–Crippen LogP) is 28.4. The van der Waals surface area contributed by atoms with Gasteiger partial charge in [-0.15, -0.1) is 0 Å². The van der Waals surface area contributed by atoms with Gasteiger partial charge in [-0.25, -0.2) is 24.9 Å². The van der Waals surface area contributed by atoms with Gasteiger partial charge < -0.3 is 13.7 Å². The third-order valence-electron chi connectivity index (χ3n) is 25.0. The lowest BCUT2D eigenvalue weighted by Gasteiger charge is -2.12. The van der Waals surface area contributed by atoms with Gasteiger partial charge in [-0.3, -0.25) is 13.7 Å². The minimum atomic E-state index is 0.589. The zero-order chi connectivity index (χ0) is 84.3. The summed E-state index contributed by atoms with van der Waals surface area (Å²) < 4.78 is 13.8. The Morgan fingerprint density at radius 3 is 0.758 bits per heavy atom. The Bertz CT molecular complexity index is 8990. The van der Waals surface area contributed by atoms with E-state index in [1.165, 1.54) is 92.3 Å². The van der Waals surface area contributed by atoms with Crippen molar-refractivity contribution in [2.75, 3.05) is 0 Å². The van der Waals surface area contributed by atoms with Crippen molar-refractivity contribution in [1.82, 2.24) is 62.3 Å². The van der Waals surface area contributed by atoms with Crippen LogP contribution >= 0.6 is 0 Å². The molecule has 0 N–H and O–H groups in total. The van der Waals surface area contributed by atoms with Gasteiger partial charge in [0.1, 0.15) is 0 Å². The van der Waals surface area contributed by atoms with Gasteiger partial charge in [-0.2, -0.15) is 9.97 Å². The lowest BCUT2D eigenvalue weighted by atomic mass is 10.1. The molecule has 128 heavy (non-hydrogen) atoms. The zero-order valence-electron chi connectivity index (χ0n) is 69.0. The number of para-hydroxylation sites is 11. The van der Waals surface area contributed by atoms with Gasteiger partial charge in [-0.05, 0) is 109 Å². The molecule has 13 nitrogen and oxygen atoms in total. The molecule has 18 aromatic carbocycles. The van der Waals surface area contributed by atoms with Crippen molar-refractivity contribution in [1.29, 1.82) is 0 Å². The smallest absolute Gasteiger partial charge is 0.238 e. The maximum atomic E-state index is 5.26. The second kappa shape index (κ2) is 30.2. The van der Waals surface area contributed by atoms with Crippen LogP contribution in [0.25, 0.3) is 233 Å². The molecule has 0 aliphatic carbocycles. The standard InChI is InChI=1S/C39H25N5.2C38H24N4/c1-4-14-26(15-5-1)37-40-38(27-16-6-2-7-17-27)42-39(41-37)44-33-23-13-11-21-31(33)35-34(44)25-24-30-29-20-10-12-22-32(29)43(36(30)35)28-18-8-3-9-19-28;1-3-13-25(14-4-1)36-29-18-7-10-20-31(29)39-38(40-36)42-33-22-12-9-19-30(33)35-34(42)24-23-28-27-17-8-11-21-32(27)41(37(28)35)26-15-5-2-6-16-26;1-3-13-25(14-4-1)37-27-17-7-10-20-30(27)39-38(40-37)42-32-22-12-9-19-29(32)36-34(42)24-23-33-35(36)28-18-8-11-21-31(28)41(33)26-15-5-2-6-16-26/h1-25H;2*1-24H. The summed E-state index contributed by atoms with van der Waals surface area (Å²) in [5.41, 5.74) is 24.7. The first-order chi connectivity index (χ1) is 63.6. The summed E-state index contributed by atoms with van der Waals surface area (Å²) in [5, 5.41) is 16.6. The molecule has 0 atom stereocenters. The molecule has 27 aromatic rings. The average molecular weight is 1640 g/mol. The fourth-order valence-electron chi connectivity index (χ4n) is 19.6. The Morgan fingerprint density at radius 1 is 0.141 bits per heavy atom. The van der Waals surface area contributed by atoms with E-state index in [2.05, 4.69) is 385 Å². The Labute approximate surface area is 733 Å². The number of hydrogen-bond donors (Lipinski definition) is 0. The molecule has 0 unspecified atom stereocenters. The largest absolute Gasteiger partial charge is 0.309 e. The van der Waals surface area contributed by atoms with Crippen LogP contribution in [0, 0.1) is 0 Å². The van der Waals surface area contributed by atoms with E-state index in [1.807, 2.05) is 84.9 Å². The van der Waals surface area contributed by atoms with Crippen molar-refractivity contribution in [3.05, 3.63) is 443 Å². The van der Waals surface area contributed by atoms with Crippen LogP contribution in [0.3, 0.4) is 0 Å². The van der Waals surface area contributed by atoms with Crippen LogP contribution in [0.1, 0.15) is 0 Å². The Morgan fingerprint density at radius 2 is 0.391 bits per heavy atom. The Kier molecular flexibility index (Phi) is 17.3. The third-order valence-corrected chi connectivity index (χ3v) is 25.0. The second-order valence-corrected chi connectivity index (χ2v) is 32.2. The minimum Gasteiger partial charge on any atom is -0.309 e. The lowest BCUT2D eigenvalue weighted by Crippen LogP contribution is -2.06. The summed E-state index contributed by atoms with van der Waals surface area (Å²) in [7, 11) is 0. The molecule has 0 saturated carbocycles. The number of aromatic nitrogens is 13. The Balaban J connectivity index is 0.000000104. The fraction of sp³-hybridized carbons (Fsp3) is 0. The maximum Gasteiger partial charge on any atom is 0.238 e. The van der Waals surface area contributed by atoms with E-state index in [9.17, 15) is 0 Å². The molecular weight excluding hydrogens is 1560 g/mol. The summed E-state index contributed by atoms with van der Waals surface area (Å²) in [4.78, 5) is 36.0. The van der Waals surface area contributed by atoms with E-state index in [-0.39, 0.29) is 0 Å². The molecule has 0 fully saturated rings. The van der Waals surface area contributed by atoms with Crippen LogP contribution < -0.4 is 0 Å². The van der Waals surface area contributed by atoms with Crippen molar-refractivity contribution in [3.63, 3.8) is 0 Å². The van der Waals surface area contributed by atoms with Gasteiger partial charge in [0, 0.05) is 115 Å². The van der Waals surface area contributed by atoms with E-state index < -0.39 is 0 Å². The van der Waals surface area contributed by atoms with Crippen molar-refractivity contribution < 1.29 is 0 Å². The SMILES string of the molecule is c1ccc(-c2nc(-c3ccccc3)nc(-n3c4ccccc4c4c3ccc3c5ccccc5n(-c5ccccc5)c34)n2)cc1.c1ccc(-c2nc(-n3c4ccccc4c4c3ccc3c5ccccc5n(-c5ccccc5)c34)nc3ccccc23)cc1.c1ccc(-c2nc(-n3c4ccccc4c4c5c6ccccc6n(-c6ccccc6)c5ccc43)nc3ccccc23)cc1. The van der Waals surface area contributed by atoms with Gasteiger partial charge in [0.2, 0.25) is 17.8 Å². The summed E-state index contributed by atoms with van der Waals surface area (Å²) in [6.45, 7) is 0. The average Bonchev–Trinajstić information content (AvgIpc) is 1.55.